The summed E-state index contributed by atoms with van der Waals surface area (Å²) >= 11 is 2.12. The zero-order chi connectivity index (χ0) is 8.69. The van der Waals surface area contributed by atoms with Crippen molar-refractivity contribution in [3.05, 3.63) is 21.8 Å². The fraction of sp³-hybridized carbons (Fsp3) is 0.375. The number of esters is 1. The van der Waals surface area contributed by atoms with Crippen LogP contribution in [0.3, 0.4) is 0 Å². The maximum absolute atomic E-state index is 10.7. The van der Waals surface area contributed by atoms with Gasteiger partial charge in [0.05, 0.1) is 13.5 Å². The monoisotopic (exact) mass is 266 g/mol. The number of ether oxygens (including phenoxy) is 1. The van der Waals surface area contributed by atoms with Gasteiger partial charge in [-0.3, -0.25) is 4.79 Å². The van der Waals surface area contributed by atoms with Crippen molar-refractivity contribution in [3.8, 4) is 0 Å². The Hall–Kier alpha value is -0.320. The van der Waals surface area contributed by atoms with Crippen molar-refractivity contribution < 1.29 is 9.53 Å². The Bertz CT molecular complexity index is 183. The lowest BCUT2D eigenvalue weighted by atomic mass is 10.2. The molecule has 0 aromatic heterocycles. The van der Waals surface area contributed by atoms with Gasteiger partial charge in [0.2, 0.25) is 0 Å². The zero-order valence-corrected chi connectivity index (χ0v) is 8.79. The first-order valence-corrected chi connectivity index (χ1v) is 4.44. The number of rotatable bonds is 3. The summed E-state index contributed by atoms with van der Waals surface area (Å²) in [7, 11) is 1.39. The van der Waals surface area contributed by atoms with E-state index in [9.17, 15) is 4.79 Å². The van der Waals surface area contributed by atoms with Crippen LogP contribution in [-0.4, -0.2) is 13.1 Å². The van der Waals surface area contributed by atoms with Gasteiger partial charge >= 0.3 is 5.97 Å². The number of carbonyl (C=O) groups excluding carboxylic acids is 1. The third kappa shape index (κ3) is 6.09. The van der Waals surface area contributed by atoms with Crippen molar-refractivity contribution in [1.29, 1.82) is 0 Å². The summed E-state index contributed by atoms with van der Waals surface area (Å²) in [6, 6.07) is 0. The average molecular weight is 266 g/mol. The molecule has 0 amide bonds. The van der Waals surface area contributed by atoms with Crippen LogP contribution in [0.1, 0.15) is 13.3 Å². The molecule has 0 aliphatic heterocycles. The van der Waals surface area contributed by atoms with Crippen LogP contribution < -0.4 is 0 Å². The minimum atomic E-state index is -0.194. The van der Waals surface area contributed by atoms with Crippen LogP contribution in [0.2, 0.25) is 0 Å². The van der Waals surface area contributed by atoms with Crippen molar-refractivity contribution in [1.82, 2.24) is 0 Å². The molecular formula is C8H11IO2. The third-order valence-corrected chi connectivity index (χ3v) is 1.52. The Morgan fingerprint density at radius 3 is 2.73 bits per heavy atom. The molecule has 3 heteroatoms. The smallest absolute Gasteiger partial charge is 0.309 e. The zero-order valence-electron chi connectivity index (χ0n) is 6.63. The first-order chi connectivity index (χ1) is 5.20. The van der Waals surface area contributed by atoms with Crippen LogP contribution in [0.5, 0.6) is 0 Å². The molecule has 0 aliphatic rings. The molecule has 0 N–H and O–H groups in total. The topological polar surface area (TPSA) is 26.3 Å². The van der Waals surface area contributed by atoms with Gasteiger partial charge in [-0.05, 0) is 11.0 Å². The van der Waals surface area contributed by atoms with Gasteiger partial charge in [0.1, 0.15) is 0 Å². The molecule has 0 bridgehead atoms. The molecule has 0 unspecified atom stereocenters. The molecular weight excluding hydrogens is 255 g/mol. The average Bonchev–Trinajstić information content (AvgIpc) is 2.00. The molecule has 0 atom stereocenters. The van der Waals surface area contributed by atoms with Gasteiger partial charge in [0.25, 0.3) is 0 Å². The minimum absolute atomic E-state index is 0.194. The van der Waals surface area contributed by atoms with Gasteiger partial charge in [-0.15, -0.1) is 0 Å². The van der Waals surface area contributed by atoms with Gasteiger partial charge in [-0.25, -0.2) is 0 Å². The normalized spacial score (nSPS) is 12.1. The van der Waals surface area contributed by atoms with E-state index >= 15 is 0 Å². The van der Waals surface area contributed by atoms with E-state index in [2.05, 4.69) is 27.3 Å². The Morgan fingerprint density at radius 2 is 2.27 bits per heavy atom. The van der Waals surface area contributed by atoms with Crippen LogP contribution >= 0.6 is 22.6 Å². The number of carbonyl (C=O) groups is 1. The summed E-state index contributed by atoms with van der Waals surface area (Å²) in [5, 5.41) is 0. The standard InChI is InChI=1S/C8H11IO2/c1-7(4-3-5-9)6-8(10)11-2/h3-5H,6H2,1-2H3/b5-3-,7-4+. The van der Waals surface area contributed by atoms with E-state index in [1.54, 1.807) is 0 Å². The molecule has 2 nitrogen and oxygen atoms in total. The van der Waals surface area contributed by atoms with Crippen LogP contribution in [0.25, 0.3) is 0 Å². The number of halogens is 1. The molecule has 0 aromatic rings. The Balaban J connectivity index is 3.85. The molecule has 0 radical (unpaired) electrons. The van der Waals surface area contributed by atoms with Crippen LogP contribution in [-0.2, 0) is 9.53 Å². The lowest BCUT2D eigenvalue weighted by molar-refractivity contribution is -0.139. The minimum Gasteiger partial charge on any atom is -0.469 e. The van der Waals surface area contributed by atoms with Gasteiger partial charge in [0.15, 0.2) is 0 Å². The maximum atomic E-state index is 10.7. The first kappa shape index (κ1) is 10.7. The van der Waals surface area contributed by atoms with Crippen LogP contribution in [0.15, 0.2) is 21.8 Å². The van der Waals surface area contributed by atoms with E-state index in [0.717, 1.165) is 5.57 Å². The van der Waals surface area contributed by atoms with E-state index in [4.69, 9.17) is 0 Å². The fourth-order valence-electron chi connectivity index (χ4n) is 0.559. The summed E-state index contributed by atoms with van der Waals surface area (Å²) in [6.07, 6.45) is 4.15. The summed E-state index contributed by atoms with van der Waals surface area (Å²) in [5.41, 5.74) is 1.00. The third-order valence-electron chi connectivity index (χ3n) is 1.10. The molecule has 0 saturated carbocycles. The van der Waals surface area contributed by atoms with Gasteiger partial charge < -0.3 is 4.74 Å². The Labute approximate surface area is 80.5 Å². The molecule has 11 heavy (non-hydrogen) atoms. The highest BCUT2D eigenvalue weighted by molar-refractivity contribution is 14.1. The second-order valence-electron chi connectivity index (χ2n) is 2.08. The van der Waals surface area contributed by atoms with Crippen molar-refractivity contribution in [2.24, 2.45) is 0 Å². The van der Waals surface area contributed by atoms with E-state index in [1.807, 2.05) is 23.2 Å². The predicted molar refractivity (Wildman–Crippen MR) is 53.6 cm³/mol. The lowest BCUT2D eigenvalue weighted by Gasteiger charge is -1.96. The summed E-state index contributed by atoms with van der Waals surface area (Å²) < 4.78 is 6.38. The van der Waals surface area contributed by atoms with E-state index in [-0.39, 0.29) is 5.97 Å². The van der Waals surface area contributed by atoms with Crippen molar-refractivity contribution >= 4 is 28.6 Å². The largest absolute Gasteiger partial charge is 0.469 e. The summed E-state index contributed by atoms with van der Waals surface area (Å²) in [4.78, 5) is 10.7. The second kappa shape index (κ2) is 6.39. The van der Waals surface area contributed by atoms with E-state index in [0.29, 0.717) is 6.42 Å². The molecule has 0 aliphatic carbocycles. The molecule has 0 fully saturated rings. The fourth-order valence-corrected chi connectivity index (χ4v) is 0.767. The SMILES string of the molecule is COC(=O)C/C(C)=C/C=C\I. The predicted octanol–water partition coefficient (Wildman–Crippen LogP) is 2.44. The molecule has 0 saturated heterocycles. The molecule has 0 heterocycles. The number of hydrogen-bond acceptors (Lipinski definition) is 2. The molecule has 62 valence electrons. The quantitative estimate of drug-likeness (QED) is 0.445. The first-order valence-electron chi connectivity index (χ1n) is 3.20. The summed E-state index contributed by atoms with van der Waals surface area (Å²) in [5.74, 6) is -0.194. The Morgan fingerprint density at radius 1 is 1.64 bits per heavy atom. The summed E-state index contributed by atoms with van der Waals surface area (Å²) in [6.45, 7) is 1.90. The van der Waals surface area contributed by atoms with E-state index < -0.39 is 0 Å². The van der Waals surface area contributed by atoms with Gasteiger partial charge in [-0.2, -0.15) is 0 Å². The number of allylic oxidation sites excluding steroid dienone is 2. The van der Waals surface area contributed by atoms with Crippen molar-refractivity contribution in [3.63, 3.8) is 0 Å². The second-order valence-corrected chi connectivity index (χ2v) is 2.80. The van der Waals surface area contributed by atoms with Crippen LogP contribution in [0.4, 0.5) is 0 Å². The highest BCUT2D eigenvalue weighted by atomic mass is 127. The lowest BCUT2D eigenvalue weighted by Crippen LogP contribution is -1.99. The maximum Gasteiger partial charge on any atom is 0.309 e. The van der Waals surface area contributed by atoms with Gasteiger partial charge in [0, 0.05) is 0 Å². The Kier molecular flexibility index (Phi) is 6.21. The van der Waals surface area contributed by atoms with E-state index in [1.165, 1.54) is 7.11 Å². The number of methoxy groups -OCH3 is 1. The van der Waals surface area contributed by atoms with Crippen LogP contribution in [0, 0.1) is 0 Å². The molecule has 0 spiro atoms. The number of hydrogen-bond donors (Lipinski definition) is 0. The van der Waals surface area contributed by atoms with Gasteiger partial charge in [-0.1, -0.05) is 40.3 Å². The molecule has 0 rings (SSSR count). The highest BCUT2D eigenvalue weighted by Gasteiger charge is 1.98. The molecule has 0 aromatic carbocycles. The highest BCUT2D eigenvalue weighted by Crippen LogP contribution is 2.01. The van der Waals surface area contributed by atoms with Crippen molar-refractivity contribution in [2.75, 3.05) is 7.11 Å². The van der Waals surface area contributed by atoms with Crippen molar-refractivity contribution in [2.45, 2.75) is 13.3 Å².